The van der Waals surface area contributed by atoms with Crippen LogP contribution in [0, 0.1) is 17.8 Å². The highest BCUT2D eigenvalue weighted by atomic mass is 35.5. The van der Waals surface area contributed by atoms with E-state index in [1.54, 1.807) is 0 Å². The minimum Gasteiger partial charge on any atom is -0.147 e. The van der Waals surface area contributed by atoms with Crippen molar-refractivity contribution >= 4 is 12.4 Å². The molecule has 0 aromatic heterocycles. The van der Waals surface area contributed by atoms with Crippen LogP contribution in [0.5, 0.6) is 0 Å². The van der Waals surface area contributed by atoms with Crippen molar-refractivity contribution < 1.29 is 0 Å². The second kappa shape index (κ2) is 8.08. The van der Waals surface area contributed by atoms with Gasteiger partial charge in [0, 0.05) is 0 Å². The summed E-state index contributed by atoms with van der Waals surface area (Å²) in [6.45, 7) is 0. The zero-order chi connectivity index (χ0) is 12.9. The molecule has 112 valence electrons. The molecule has 2 fully saturated rings. The van der Waals surface area contributed by atoms with Crippen LogP contribution < -0.4 is 0 Å². The van der Waals surface area contributed by atoms with Crippen LogP contribution in [0.15, 0.2) is 30.3 Å². The maximum absolute atomic E-state index is 2.30. The fraction of sp³-hybridized carbons (Fsp3) is 0.684. The Morgan fingerprint density at radius 2 is 1.60 bits per heavy atom. The molecule has 0 radical (unpaired) electrons. The lowest BCUT2D eigenvalue weighted by Gasteiger charge is -2.26. The smallest absolute Gasteiger partial charge is 0.0276 e. The van der Waals surface area contributed by atoms with E-state index in [4.69, 9.17) is 0 Å². The molecule has 1 unspecified atom stereocenters. The van der Waals surface area contributed by atoms with E-state index >= 15 is 0 Å². The van der Waals surface area contributed by atoms with Crippen molar-refractivity contribution in [1.29, 1.82) is 0 Å². The summed E-state index contributed by atoms with van der Waals surface area (Å²) in [5, 5.41) is 0. The normalized spacial score (nSPS) is 21.2. The summed E-state index contributed by atoms with van der Waals surface area (Å²) in [6.07, 6.45) is 14.9. The van der Waals surface area contributed by atoms with E-state index in [2.05, 4.69) is 30.3 Å². The largest absolute Gasteiger partial charge is 0.147 e. The maximum atomic E-state index is 2.30. The van der Waals surface area contributed by atoms with Crippen molar-refractivity contribution in [2.45, 2.75) is 64.2 Å². The van der Waals surface area contributed by atoms with Gasteiger partial charge in [-0.25, -0.2) is 0 Å². The van der Waals surface area contributed by atoms with Gasteiger partial charge in [0.05, 0.1) is 0 Å². The van der Waals surface area contributed by atoms with Crippen LogP contribution in [-0.2, 0) is 6.42 Å². The quantitative estimate of drug-likeness (QED) is 0.600. The second-order valence-electron chi connectivity index (χ2n) is 6.86. The summed E-state index contributed by atoms with van der Waals surface area (Å²) < 4.78 is 0. The third kappa shape index (κ3) is 4.81. The first-order chi connectivity index (χ1) is 9.42. The molecule has 0 nitrogen and oxygen atoms in total. The van der Waals surface area contributed by atoms with Gasteiger partial charge in [-0.2, -0.15) is 0 Å². The summed E-state index contributed by atoms with van der Waals surface area (Å²) in [5.74, 6) is 3.18. The third-order valence-corrected chi connectivity index (χ3v) is 5.30. The molecule has 0 aliphatic heterocycles. The van der Waals surface area contributed by atoms with Crippen molar-refractivity contribution in [3.63, 3.8) is 0 Å². The Morgan fingerprint density at radius 1 is 0.900 bits per heavy atom. The number of hydrogen-bond donors (Lipinski definition) is 0. The van der Waals surface area contributed by atoms with Gasteiger partial charge in [0.25, 0.3) is 0 Å². The van der Waals surface area contributed by atoms with E-state index in [0.29, 0.717) is 0 Å². The standard InChI is InChI=1S/C19H28.ClH/c1-3-7-16(8-4-1)11-12-19(18-13-14-18)15-17-9-5-2-6-10-17;/h1,3-4,7-8,17-19H,2,5-6,9-15H2;1H. The van der Waals surface area contributed by atoms with Crippen LogP contribution in [0.3, 0.4) is 0 Å². The molecule has 1 atom stereocenters. The van der Waals surface area contributed by atoms with E-state index in [-0.39, 0.29) is 12.4 Å². The fourth-order valence-electron chi connectivity index (χ4n) is 3.96. The van der Waals surface area contributed by atoms with Gasteiger partial charge in [-0.05, 0) is 55.4 Å². The minimum absolute atomic E-state index is 0. The van der Waals surface area contributed by atoms with Gasteiger partial charge < -0.3 is 0 Å². The molecular formula is C19H29Cl. The molecule has 0 spiro atoms. The highest BCUT2D eigenvalue weighted by Gasteiger charge is 2.32. The van der Waals surface area contributed by atoms with Crippen molar-refractivity contribution in [2.75, 3.05) is 0 Å². The molecule has 1 aromatic carbocycles. The zero-order valence-corrected chi connectivity index (χ0v) is 13.4. The fourth-order valence-corrected chi connectivity index (χ4v) is 3.96. The van der Waals surface area contributed by atoms with Crippen LogP contribution in [0.25, 0.3) is 0 Å². The lowest BCUT2D eigenvalue weighted by molar-refractivity contribution is 0.261. The molecule has 0 saturated heterocycles. The molecule has 1 heteroatoms. The van der Waals surface area contributed by atoms with Gasteiger partial charge in [-0.1, -0.05) is 62.4 Å². The molecule has 2 saturated carbocycles. The van der Waals surface area contributed by atoms with Gasteiger partial charge in [0.15, 0.2) is 0 Å². The second-order valence-corrected chi connectivity index (χ2v) is 6.86. The van der Waals surface area contributed by atoms with Crippen LogP contribution in [0.4, 0.5) is 0 Å². The maximum Gasteiger partial charge on any atom is -0.0276 e. The molecule has 1 aromatic rings. The van der Waals surface area contributed by atoms with Gasteiger partial charge in [-0.15, -0.1) is 12.4 Å². The summed E-state index contributed by atoms with van der Waals surface area (Å²) in [7, 11) is 0. The van der Waals surface area contributed by atoms with E-state index in [1.807, 2.05) is 0 Å². The Hall–Kier alpha value is -0.490. The average molecular weight is 293 g/mol. The van der Waals surface area contributed by atoms with Crippen molar-refractivity contribution in [3.8, 4) is 0 Å². The minimum atomic E-state index is 0. The molecule has 0 amide bonds. The Balaban J connectivity index is 0.00000147. The predicted molar refractivity (Wildman–Crippen MR) is 89.4 cm³/mol. The van der Waals surface area contributed by atoms with Gasteiger partial charge in [0.1, 0.15) is 0 Å². The van der Waals surface area contributed by atoms with E-state index < -0.39 is 0 Å². The number of hydrogen-bond acceptors (Lipinski definition) is 0. The van der Waals surface area contributed by atoms with Crippen LogP contribution in [-0.4, -0.2) is 0 Å². The summed E-state index contributed by atoms with van der Waals surface area (Å²) >= 11 is 0. The highest BCUT2D eigenvalue weighted by Crippen LogP contribution is 2.44. The monoisotopic (exact) mass is 292 g/mol. The molecule has 2 aliphatic rings. The summed E-state index contributed by atoms with van der Waals surface area (Å²) in [4.78, 5) is 0. The Labute approximate surface area is 130 Å². The van der Waals surface area contributed by atoms with Crippen molar-refractivity contribution in [1.82, 2.24) is 0 Å². The Bertz CT molecular complexity index is 363. The predicted octanol–water partition coefficient (Wildman–Crippen LogP) is 6.04. The molecule has 0 N–H and O–H groups in total. The van der Waals surface area contributed by atoms with Gasteiger partial charge in [-0.3, -0.25) is 0 Å². The van der Waals surface area contributed by atoms with E-state index in [9.17, 15) is 0 Å². The molecular weight excluding hydrogens is 264 g/mol. The van der Waals surface area contributed by atoms with Gasteiger partial charge in [0.2, 0.25) is 0 Å². The van der Waals surface area contributed by atoms with Crippen molar-refractivity contribution in [2.24, 2.45) is 17.8 Å². The summed E-state index contributed by atoms with van der Waals surface area (Å²) in [5.41, 5.74) is 1.54. The first-order valence-corrected chi connectivity index (χ1v) is 8.46. The highest BCUT2D eigenvalue weighted by molar-refractivity contribution is 5.85. The van der Waals surface area contributed by atoms with E-state index in [1.165, 1.54) is 69.8 Å². The number of rotatable bonds is 6. The van der Waals surface area contributed by atoms with Gasteiger partial charge >= 0.3 is 0 Å². The van der Waals surface area contributed by atoms with Crippen LogP contribution in [0.1, 0.15) is 63.4 Å². The first-order valence-electron chi connectivity index (χ1n) is 8.46. The van der Waals surface area contributed by atoms with Crippen LogP contribution in [0.2, 0.25) is 0 Å². The van der Waals surface area contributed by atoms with Crippen LogP contribution >= 0.6 is 12.4 Å². The molecule has 0 heterocycles. The third-order valence-electron chi connectivity index (χ3n) is 5.30. The Kier molecular flexibility index (Phi) is 6.42. The average Bonchev–Trinajstić information content (AvgIpc) is 3.30. The van der Waals surface area contributed by atoms with E-state index in [0.717, 1.165) is 17.8 Å². The molecule has 0 bridgehead atoms. The number of aryl methyl sites for hydroxylation is 1. The SMILES string of the molecule is Cl.c1ccc(CCC(CC2CCCCC2)C2CC2)cc1. The first kappa shape index (κ1) is 15.9. The molecule has 2 aliphatic carbocycles. The topological polar surface area (TPSA) is 0 Å². The van der Waals surface area contributed by atoms with Crippen molar-refractivity contribution in [3.05, 3.63) is 35.9 Å². The molecule has 3 rings (SSSR count). The summed E-state index contributed by atoms with van der Waals surface area (Å²) in [6, 6.07) is 11.1. The Morgan fingerprint density at radius 3 is 2.25 bits per heavy atom. The molecule has 20 heavy (non-hydrogen) atoms. The zero-order valence-electron chi connectivity index (χ0n) is 12.6. The lowest BCUT2D eigenvalue weighted by atomic mass is 9.79. The lowest BCUT2D eigenvalue weighted by Crippen LogP contribution is -2.14. The number of halogens is 1. The number of benzene rings is 1.